The number of hydrogen-bond donors (Lipinski definition) is 2. The van der Waals surface area contributed by atoms with E-state index in [0.717, 1.165) is 12.8 Å². The number of rotatable bonds is 6. The van der Waals surface area contributed by atoms with Crippen molar-refractivity contribution < 1.29 is 4.79 Å². The van der Waals surface area contributed by atoms with Crippen LogP contribution < -0.4 is 11.1 Å². The Hall–Kier alpha value is -0.580. The topological polar surface area (TPSA) is 55.1 Å². The quantitative estimate of drug-likeness (QED) is 0.823. The van der Waals surface area contributed by atoms with E-state index in [1.165, 1.54) is 5.56 Å². The maximum Gasteiger partial charge on any atom is 0.220 e. The highest BCUT2D eigenvalue weighted by atomic mass is 35.5. The molecule has 0 spiro atoms. The molecule has 0 aliphatic carbocycles. The van der Waals surface area contributed by atoms with Gasteiger partial charge in [0.2, 0.25) is 5.91 Å². The van der Waals surface area contributed by atoms with Gasteiger partial charge >= 0.3 is 0 Å². The van der Waals surface area contributed by atoms with Crippen molar-refractivity contribution in [1.82, 2.24) is 5.32 Å². The smallest absolute Gasteiger partial charge is 0.220 e. The lowest BCUT2D eigenvalue weighted by Gasteiger charge is -2.06. The molecule has 1 atom stereocenters. The Bertz CT molecular complexity index is 288. The summed E-state index contributed by atoms with van der Waals surface area (Å²) >= 11 is 1.66. The lowest BCUT2D eigenvalue weighted by molar-refractivity contribution is -0.121. The highest BCUT2D eigenvalue weighted by molar-refractivity contribution is 7.07. The van der Waals surface area contributed by atoms with Crippen LogP contribution >= 0.6 is 23.7 Å². The molecule has 1 rings (SSSR count). The van der Waals surface area contributed by atoms with Crippen LogP contribution in [0.3, 0.4) is 0 Å². The summed E-state index contributed by atoms with van der Waals surface area (Å²) in [5.41, 5.74) is 6.82. The minimum absolute atomic E-state index is 0. The number of nitrogens with one attached hydrogen (secondary N) is 1. The molecular formula is C11H19ClN2OS. The van der Waals surface area contributed by atoms with Gasteiger partial charge in [0.15, 0.2) is 0 Å². The number of thiophene rings is 1. The van der Waals surface area contributed by atoms with Gasteiger partial charge in [-0.3, -0.25) is 4.79 Å². The Kier molecular flexibility index (Phi) is 8.25. The first kappa shape index (κ1) is 15.4. The zero-order valence-corrected chi connectivity index (χ0v) is 11.1. The second-order valence-electron chi connectivity index (χ2n) is 3.75. The SMILES string of the molecule is CC(N)CCNC(=O)CCc1ccsc1.Cl. The summed E-state index contributed by atoms with van der Waals surface area (Å²) < 4.78 is 0. The molecule has 3 N–H and O–H groups in total. The summed E-state index contributed by atoms with van der Waals surface area (Å²) in [4.78, 5) is 11.4. The average Bonchev–Trinajstić information content (AvgIpc) is 2.66. The van der Waals surface area contributed by atoms with E-state index in [0.29, 0.717) is 13.0 Å². The van der Waals surface area contributed by atoms with Crippen molar-refractivity contribution in [2.75, 3.05) is 6.54 Å². The minimum Gasteiger partial charge on any atom is -0.356 e. The third kappa shape index (κ3) is 6.82. The maximum absolute atomic E-state index is 11.4. The molecule has 0 bridgehead atoms. The summed E-state index contributed by atoms with van der Waals surface area (Å²) in [5.74, 6) is 0.113. The molecule has 16 heavy (non-hydrogen) atoms. The van der Waals surface area contributed by atoms with E-state index in [1.807, 2.05) is 12.3 Å². The highest BCUT2D eigenvalue weighted by Gasteiger charge is 2.02. The normalized spacial score (nSPS) is 11.6. The molecule has 1 aromatic rings. The third-order valence-corrected chi connectivity index (χ3v) is 2.87. The standard InChI is InChI=1S/C11H18N2OS.ClH/c1-9(12)4-6-13-11(14)3-2-10-5-7-15-8-10;/h5,7-9H,2-4,6,12H2,1H3,(H,13,14);1H. The third-order valence-electron chi connectivity index (χ3n) is 2.14. The van der Waals surface area contributed by atoms with Crippen LogP contribution in [-0.4, -0.2) is 18.5 Å². The molecule has 0 aromatic carbocycles. The van der Waals surface area contributed by atoms with Gasteiger partial charge in [0.1, 0.15) is 0 Å². The predicted molar refractivity (Wildman–Crippen MR) is 71.2 cm³/mol. The van der Waals surface area contributed by atoms with E-state index < -0.39 is 0 Å². The van der Waals surface area contributed by atoms with E-state index in [2.05, 4.69) is 16.8 Å². The number of aryl methyl sites for hydroxylation is 1. The first-order valence-electron chi connectivity index (χ1n) is 5.22. The van der Waals surface area contributed by atoms with Crippen molar-refractivity contribution in [3.63, 3.8) is 0 Å². The van der Waals surface area contributed by atoms with Gasteiger partial charge in [0.05, 0.1) is 0 Å². The van der Waals surface area contributed by atoms with Crippen LogP contribution in [0.2, 0.25) is 0 Å². The van der Waals surface area contributed by atoms with Crippen LogP contribution in [-0.2, 0) is 11.2 Å². The monoisotopic (exact) mass is 262 g/mol. The maximum atomic E-state index is 11.4. The molecule has 1 heterocycles. The first-order chi connectivity index (χ1) is 7.18. The second kappa shape index (κ2) is 8.56. The molecule has 0 radical (unpaired) electrons. The Balaban J connectivity index is 0.00000225. The number of amides is 1. The van der Waals surface area contributed by atoms with Crippen LogP contribution in [0, 0.1) is 0 Å². The Morgan fingerprint density at radius 2 is 2.38 bits per heavy atom. The first-order valence-corrected chi connectivity index (χ1v) is 6.16. The van der Waals surface area contributed by atoms with Gasteiger partial charge in [0.25, 0.3) is 0 Å². The molecule has 5 heteroatoms. The van der Waals surface area contributed by atoms with Gasteiger partial charge < -0.3 is 11.1 Å². The fourth-order valence-electron chi connectivity index (χ4n) is 1.22. The van der Waals surface area contributed by atoms with Crippen LogP contribution in [0.15, 0.2) is 16.8 Å². The van der Waals surface area contributed by atoms with E-state index in [4.69, 9.17) is 5.73 Å². The largest absolute Gasteiger partial charge is 0.356 e. The average molecular weight is 263 g/mol. The summed E-state index contributed by atoms with van der Waals surface area (Å²) in [5, 5.41) is 6.97. The molecular weight excluding hydrogens is 244 g/mol. The summed E-state index contributed by atoms with van der Waals surface area (Å²) in [6, 6.07) is 2.21. The predicted octanol–water partition coefficient (Wildman–Crippen LogP) is 1.96. The van der Waals surface area contributed by atoms with Gasteiger partial charge in [-0.2, -0.15) is 11.3 Å². The summed E-state index contributed by atoms with van der Waals surface area (Å²) in [6.07, 6.45) is 2.23. The molecule has 1 unspecified atom stereocenters. The van der Waals surface area contributed by atoms with Crippen molar-refractivity contribution >= 4 is 29.7 Å². The Labute approximate surface area is 107 Å². The van der Waals surface area contributed by atoms with E-state index >= 15 is 0 Å². The molecule has 0 saturated carbocycles. The van der Waals surface area contributed by atoms with Gasteiger partial charge in [-0.05, 0) is 42.2 Å². The number of carbonyl (C=O) groups excluding carboxylic acids is 1. The number of nitrogens with two attached hydrogens (primary N) is 1. The molecule has 0 saturated heterocycles. The highest BCUT2D eigenvalue weighted by Crippen LogP contribution is 2.07. The van der Waals surface area contributed by atoms with Crippen molar-refractivity contribution in [1.29, 1.82) is 0 Å². The fraction of sp³-hybridized carbons (Fsp3) is 0.545. The molecule has 92 valence electrons. The van der Waals surface area contributed by atoms with Crippen LogP contribution in [0.1, 0.15) is 25.3 Å². The van der Waals surface area contributed by atoms with Gasteiger partial charge in [0, 0.05) is 19.0 Å². The lowest BCUT2D eigenvalue weighted by Crippen LogP contribution is -2.29. The molecule has 0 fully saturated rings. The molecule has 0 aliphatic rings. The fourth-order valence-corrected chi connectivity index (χ4v) is 1.92. The second-order valence-corrected chi connectivity index (χ2v) is 4.53. The Morgan fingerprint density at radius 1 is 1.62 bits per heavy atom. The van der Waals surface area contributed by atoms with Crippen LogP contribution in [0.25, 0.3) is 0 Å². The van der Waals surface area contributed by atoms with Gasteiger partial charge in [-0.15, -0.1) is 12.4 Å². The van der Waals surface area contributed by atoms with Crippen LogP contribution in [0.4, 0.5) is 0 Å². The van der Waals surface area contributed by atoms with Crippen LogP contribution in [0.5, 0.6) is 0 Å². The van der Waals surface area contributed by atoms with E-state index in [9.17, 15) is 4.79 Å². The van der Waals surface area contributed by atoms with Gasteiger partial charge in [-0.25, -0.2) is 0 Å². The van der Waals surface area contributed by atoms with Crippen molar-refractivity contribution in [2.24, 2.45) is 5.73 Å². The van der Waals surface area contributed by atoms with E-state index in [1.54, 1.807) is 11.3 Å². The molecule has 1 amide bonds. The minimum atomic E-state index is 0. The summed E-state index contributed by atoms with van der Waals surface area (Å²) in [6.45, 7) is 2.62. The van der Waals surface area contributed by atoms with E-state index in [-0.39, 0.29) is 24.4 Å². The van der Waals surface area contributed by atoms with Gasteiger partial charge in [-0.1, -0.05) is 0 Å². The van der Waals surface area contributed by atoms with Crippen molar-refractivity contribution in [2.45, 2.75) is 32.2 Å². The zero-order valence-electron chi connectivity index (χ0n) is 9.44. The van der Waals surface area contributed by atoms with Crippen molar-refractivity contribution in [3.05, 3.63) is 22.4 Å². The zero-order chi connectivity index (χ0) is 11.1. The lowest BCUT2D eigenvalue weighted by atomic mass is 10.2. The molecule has 0 aliphatic heterocycles. The number of halogens is 1. The van der Waals surface area contributed by atoms with Crippen molar-refractivity contribution in [3.8, 4) is 0 Å². The summed E-state index contributed by atoms with van der Waals surface area (Å²) in [7, 11) is 0. The molecule has 3 nitrogen and oxygen atoms in total. The number of hydrogen-bond acceptors (Lipinski definition) is 3. The molecule has 1 aromatic heterocycles. The number of carbonyl (C=O) groups is 1. The Morgan fingerprint density at radius 3 is 2.94 bits per heavy atom.